The Kier molecular flexibility index (Phi) is 4.61. The van der Waals surface area contributed by atoms with E-state index in [2.05, 4.69) is 22.4 Å². The van der Waals surface area contributed by atoms with Crippen molar-refractivity contribution >= 4 is 17.4 Å². The van der Waals surface area contributed by atoms with E-state index < -0.39 is 0 Å². The van der Waals surface area contributed by atoms with E-state index in [0.717, 1.165) is 5.56 Å². The molecule has 0 spiro atoms. The van der Waals surface area contributed by atoms with Gasteiger partial charge in [-0.1, -0.05) is 12.1 Å². The Morgan fingerprint density at radius 3 is 2.59 bits per heavy atom. The van der Waals surface area contributed by atoms with Crippen LogP contribution in [0.4, 0.5) is 11.5 Å². The van der Waals surface area contributed by atoms with Crippen molar-refractivity contribution in [1.29, 1.82) is 10.5 Å². The second-order valence-corrected chi connectivity index (χ2v) is 6.03. The summed E-state index contributed by atoms with van der Waals surface area (Å²) in [7, 11) is 1.76. The van der Waals surface area contributed by atoms with Crippen LogP contribution in [0, 0.1) is 22.7 Å². The van der Waals surface area contributed by atoms with Crippen molar-refractivity contribution in [2.75, 3.05) is 11.1 Å². The zero-order valence-electron chi connectivity index (χ0n) is 14.8. The van der Waals surface area contributed by atoms with Crippen molar-refractivity contribution in [2.24, 2.45) is 7.05 Å². The van der Waals surface area contributed by atoms with Crippen molar-refractivity contribution in [3.63, 3.8) is 0 Å². The lowest BCUT2D eigenvalue weighted by Gasteiger charge is -2.10. The lowest BCUT2D eigenvalue weighted by molar-refractivity contribution is -0.114. The van der Waals surface area contributed by atoms with Gasteiger partial charge in [-0.3, -0.25) is 4.79 Å². The number of nitrogen functional groups attached to an aromatic ring is 1. The van der Waals surface area contributed by atoms with Gasteiger partial charge < -0.3 is 15.6 Å². The molecule has 2 heterocycles. The summed E-state index contributed by atoms with van der Waals surface area (Å²) < 4.78 is 1.68. The van der Waals surface area contributed by atoms with E-state index in [9.17, 15) is 15.3 Å². The predicted molar refractivity (Wildman–Crippen MR) is 102 cm³/mol. The molecule has 7 heteroatoms. The number of rotatable bonds is 3. The van der Waals surface area contributed by atoms with Crippen LogP contribution in [0.1, 0.15) is 18.2 Å². The minimum Gasteiger partial charge on any atom is -0.383 e. The molecule has 0 aliphatic heterocycles. The van der Waals surface area contributed by atoms with Crippen LogP contribution >= 0.6 is 0 Å². The molecule has 1 amide bonds. The van der Waals surface area contributed by atoms with Crippen molar-refractivity contribution in [3.8, 4) is 34.5 Å². The number of aryl methyl sites for hydroxylation is 1. The first-order valence-corrected chi connectivity index (χ1v) is 8.08. The molecule has 7 nitrogen and oxygen atoms in total. The Morgan fingerprint density at radius 1 is 1.19 bits per heavy atom. The number of aromatic nitrogens is 2. The summed E-state index contributed by atoms with van der Waals surface area (Å²) >= 11 is 0. The van der Waals surface area contributed by atoms with E-state index >= 15 is 0 Å². The SMILES string of the molecule is CC(=O)Nc1cccc(-c2cc(-c3cc(C#N)n(C)c3)c(C#N)c(N)n2)c1. The van der Waals surface area contributed by atoms with Crippen LogP contribution in [0.3, 0.4) is 0 Å². The van der Waals surface area contributed by atoms with Gasteiger partial charge in [0, 0.05) is 42.5 Å². The zero-order valence-corrected chi connectivity index (χ0v) is 14.8. The number of carbonyl (C=O) groups excluding carboxylic acids is 1. The van der Waals surface area contributed by atoms with Gasteiger partial charge in [-0.25, -0.2) is 4.98 Å². The molecule has 0 fully saturated rings. The Labute approximate surface area is 156 Å². The third-order valence-electron chi connectivity index (χ3n) is 4.07. The number of hydrogen-bond donors (Lipinski definition) is 2. The van der Waals surface area contributed by atoms with Gasteiger partial charge in [0.25, 0.3) is 0 Å². The van der Waals surface area contributed by atoms with Crippen molar-refractivity contribution in [2.45, 2.75) is 6.92 Å². The Balaban J connectivity index is 2.17. The molecule has 0 aliphatic rings. The van der Waals surface area contributed by atoms with E-state index in [-0.39, 0.29) is 17.3 Å². The lowest BCUT2D eigenvalue weighted by Crippen LogP contribution is -2.05. The third-order valence-corrected chi connectivity index (χ3v) is 4.07. The summed E-state index contributed by atoms with van der Waals surface area (Å²) in [6.45, 7) is 1.44. The third kappa shape index (κ3) is 3.48. The Hall–Kier alpha value is -4.10. The maximum absolute atomic E-state index is 11.3. The van der Waals surface area contributed by atoms with Gasteiger partial charge in [0.2, 0.25) is 5.91 Å². The largest absolute Gasteiger partial charge is 0.383 e. The number of nitrogens with two attached hydrogens (primary N) is 1. The number of anilines is 2. The normalized spacial score (nSPS) is 10.1. The molecule has 3 rings (SSSR count). The van der Waals surface area contributed by atoms with Gasteiger partial charge in [0.05, 0.1) is 5.69 Å². The second-order valence-electron chi connectivity index (χ2n) is 6.03. The van der Waals surface area contributed by atoms with Gasteiger partial charge in [0.15, 0.2) is 0 Å². The van der Waals surface area contributed by atoms with Gasteiger partial charge >= 0.3 is 0 Å². The molecule has 0 saturated heterocycles. The van der Waals surface area contributed by atoms with Crippen molar-refractivity contribution < 1.29 is 4.79 Å². The van der Waals surface area contributed by atoms with E-state index in [0.29, 0.717) is 28.2 Å². The second kappa shape index (κ2) is 7.03. The molecular weight excluding hydrogens is 340 g/mol. The molecule has 3 N–H and O–H groups in total. The number of nitrogens with zero attached hydrogens (tertiary/aromatic N) is 4. The minimum absolute atomic E-state index is 0.109. The number of amides is 1. The number of pyridine rings is 1. The molecule has 0 saturated carbocycles. The first kappa shape index (κ1) is 17.7. The Bertz CT molecular complexity index is 1130. The Morgan fingerprint density at radius 2 is 1.96 bits per heavy atom. The first-order chi connectivity index (χ1) is 12.9. The van der Waals surface area contributed by atoms with Crippen molar-refractivity contribution in [3.05, 3.63) is 53.9 Å². The van der Waals surface area contributed by atoms with Crippen LogP contribution < -0.4 is 11.1 Å². The molecule has 132 valence electrons. The molecule has 0 aliphatic carbocycles. The van der Waals surface area contributed by atoms with Crippen LogP contribution in [0.25, 0.3) is 22.4 Å². The highest BCUT2D eigenvalue weighted by molar-refractivity contribution is 5.89. The highest BCUT2D eigenvalue weighted by Crippen LogP contribution is 2.32. The van der Waals surface area contributed by atoms with Crippen LogP contribution in [0.5, 0.6) is 0 Å². The van der Waals surface area contributed by atoms with Gasteiger partial charge in [-0.2, -0.15) is 10.5 Å². The van der Waals surface area contributed by atoms with Gasteiger partial charge in [0.1, 0.15) is 29.2 Å². The van der Waals surface area contributed by atoms with Crippen LogP contribution in [-0.4, -0.2) is 15.5 Å². The van der Waals surface area contributed by atoms with Gasteiger partial charge in [-0.15, -0.1) is 0 Å². The van der Waals surface area contributed by atoms with E-state index in [1.165, 1.54) is 6.92 Å². The summed E-state index contributed by atoms with van der Waals surface area (Å²) in [6, 6.07) is 14.9. The fourth-order valence-electron chi connectivity index (χ4n) is 2.84. The highest BCUT2D eigenvalue weighted by atomic mass is 16.1. The monoisotopic (exact) mass is 356 g/mol. The number of nitrogens with one attached hydrogen (secondary N) is 1. The number of benzene rings is 1. The lowest BCUT2D eigenvalue weighted by atomic mass is 10.00. The molecule has 0 unspecified atom stereocenters. The molecule has 3 aromatic rings. The van der Waals surface area contributed by atoms with E-state index in [4.69, 9.17) is 5.73 Å². The first-order valence-electron chi connectivity index (χ1n) is 8.08. The summed E-state index contributed by atoms with van der Waals surface area (Å²) in [5.74, 6) is -0.0641. The quantitative estimate of drug-likeness (QED) is 0.747. The summed E-state index contributed by atoms with van der Waals surface area (Å²) in [6.07, 6.45) is 1.77. The van der Waals surface area contributed by atoms with Crippen LogP contribution in [0.15, 0.2) is 42.6 Å². The van der Waals surface area contributed by atoms with Gasteiger partial charge in [-0.05, 0) is 24.3 Å². The average Bonchev–Trinajstić information content (AvgIpc) is 3.01. The number of hydrogen-bond acceptors (Lipinski definition) is 5. The number of carbonyl (C=O) groups is 1. The zero-order chi connectivity index (χ0) is 19.6. The molecule has 2 aromatic heterocycles. The highest BCUT2D eigenvalue weighted by Gasteiger charge is 2.16. The standard InChI is InChI=1S/C20H16N6O/c1-12(27)24-15-5-3-4-13(6-15)19-8-17(18(10-22)20(23)25-19)14-7-16(9-21)26(2)11-14/h3-8,11H,1-2H3,(H2,23,25)(H,24,27). The maximum Gasteiger partial charge on any atom is 0.221 e. The van der Waals surface area contributed by atoms with Crippen molar-refractivity contribution in [1.82, 2.24) is 9.55 Å². The maximum atomic E-state index is 11.3. The fraction of sp³-hybridized carbons (Fsp3) is 0.100. The molecule has 0 radical (unpaired) electrons. The molecule has 1 aromatic carbocycles. The van der Waals surface area contributed by atoms with Crippen LogP contribution in [-0.2, 0) is 11.8 Å². The molecular formula is C20H16N6O. The molecule has 27 heavy (non-hydrogen) atoms. The van der Waals surface area contributed by atoms with E-state index in [1.54, 1.807) is 48.1 Å². The average molecular weight is 356 g/mol. The predicted octanol–water partition coefficient (Wildman–Crippen LogP) is 3.04. The summed E-state index contributed by atoms with van der Waals surface area (Å²) in [5.41, 5.74) is 10.0. The van der Waals surface area contributed by atoms with Crippen LogP contribution in [0.2, 0.25) is 0 Å². The fourth-order valence-corrected chi connectivity index (χ4v) is 2.84. The molecule has 0 atom stereocenters. The smallest absolute Gasteiger partial charge is 0.221 e. The van der Waals surface area contributed by atoms with E-state index in [1.807, 2.05) is 6.07 Å². The minimum atomic E-state index is -0.173. The topological polar surface area (TPSA) is 121 Å². The number of nitriles is 2. The molecule has 0 bridgehead atoms. The summed E-state index contributed by atoms with van der Waals surface area (Å²) in [4.78, 5) is 15.6. The summed E-state index contributed by atoms with van der Waals surface area (Å²) in [5, 5.41) is 21.4.